The van der Waals surface area contributed by atoms with Crippen LogP contribution in [-0.2, 0) is 4.79 Å². The van der Waals surface area contributed by atoms with E-state index in [1.807, 2.05) is 0 Å². The summed E-state index contributed by atoms with van der Waals surface area (Å²) in [4.78, 5) is 37.6. The van der Waals surface area contributed by atoms with Crippen LogP contribution in [0.2, 0.25) is 5.02 Å². The topological polar surface area (TPSA) is 84.9 Å². The third-order valence-corrected chi connectivity index (χ3v) is 4.32. The van der Waals surface area contributed by atoms with E-state index in [-0.39, 0.29) is 35.8 Å². The Kier molecular flexibility index (Phi) is 5.61. The summed E-state index contributed by atoms with van der Waals surface area (Å²) in [5.74, 6) is -0.192. The predicted molar refractivity (Wildman–Crippen MR) is 98.3 cm³/mol. The molecule has 0 saturated carbocycles. The predicted octanol–water partition coefficient (Wildman–Crippen LogP) is 2.14. The number of amides is 3. The molecule has 0 bridgehead atoms. The number of imide groups is 1. The normalized spacial score (nSPS) is 12.7. The lowest BCUT2D eigenvalue weighted by molar-refractivity contribution is -0.121. The van der Waals surface area contributed by atoms with E-state index < -0.39 is 17.7 Å². The quantitative estimate of drug-likeness (QED) is 0.580. The Hall–Kier alpha value is -3.06. The molecule has 27 heavy (non-hydrogen) atoms. The first kappa shape index (κ1) is 18.7. The summed E-state index contributed by atoms with van der Waals surface area (Å²) < 4.78 is 10.6. The average Bonchev–Trinajstić information content (AvgIpc) is 2.91. The summed E-state index contributed by atoms with van der Waals surface area (Å²) >= 11 is 5.99. The van der Waals surface area contributed by atoms with Crippen LogP contribution in [0.5, 0.6) is 11.5 Å². The van der Waals surface area contributed by atoms with E-state index in [0.29, 0.717) is 5.75 Å². The second-order valence-electron chi connectivity index (χ2n) is 5.73. The molecule has 0 aliphatic carbocycles. The monoisotopic (exact) mass is 388 g/mol. The van der Waals surface area contributed by atoms with Crippen molar-refractivity contribution in [3.63, 3.8) is 0 Å². The molecule has 1 N–H and O–H groups in total. The molecule has 0 unspecified atom stereocenters. The van der Waals surface area contributed by atoms with Gasteiger partial charge in [-0.1, -0.05) is 17.7 Å². The third kappa shape index (κ3) is 4.03. The molecule has 7 nitrogen and oxygen atoms in total. The van der Waals surface area contributed by atoms with Crippen molar-refractivity contribution in [3.05, 3.63) is 58.6 Å². The fourth-order valence-corrected chi connectivity index (χ4v) is 2.92. The number of ether oxygens (including phenoxy) is 2. The van der Waals surface area contributed by atoms with Crippen LogP contribution in [0.1, 0.15) is 20.7 Å². The standard InChI is InChI=1S/C19H17ClN2O5/c1-26-12-5-7-13(8-6-12)27-10-9-21-16(23)11-22-18(24)14-3-2-4-15(20)17(14)19(22)25/h2-8H,9-11H2,1H3,(H,21,23). The minimum atomic E-state index is -0.565. The van der Waals surface area contributed by atoms with Gasteiger partial charge in [-0.2, -0.15) is 0 Å². The smallest absolute Gasteiger partial charge is 0.263 e. The molecule has 0 fully saturated rings. The summed E-state index contributed by atoms with van der Waals surface area (Å²) in [5.41, 5.74) is 0.350. The van der Waals surface area contributed by atoms with Gasteiger partial charge >= 0.3 is 0 Å². The lowest BCUT2D eigenvalue weighted by atomic mass is 10.1. The Morgan fingerprint density at radius 2 is 1.78 bits per heavy atom. The number of methoxy groups -OCH3 is 1. The fourth-order valence-electron chi connectivity index (χ4n) is 2.67. The Labute approximate surface area is 160 Å². The number of fused-ring (bicyclic) bond motifs is 1. The van der Waals surface area contributed by atoms with Crippen LogP contribution in [0.3, 0.4) is 0 Å². The number of carbonyl (C=O) groups excluding carboxylic acids is 3. The van der Waals surface area contributed by atoms with E-state index in [9.17, 15) is 14.4 Å². The lowest BCUT2D eigenvalue weighted by Crippen LogP contribution is -2.41. The van der Waals surface area contributed by atoms with E-state index in [1.165, 1.54) is 12.1 Å². The highest BCUT2D eigenvalue weighted by Crippen LogP contribution is 2.28. The van der Waals surface area contributed by atoms with Crippen LogP contribution in [0.15, 0.2) is 42.5 Å². The van der Waals surface area contributed by atoms with Gasteiger partial charge in [0.05, 0.1) is 29.8 Å². The molecule has 0 atom stereocenters. The van der Waals surface area contributed by atoms with Gasteiger partial charge in [0, 0.05) is 0 Å². The minimum absolute atomic E-state index is 0.139. The molecular weight excluding hydrogens is 372 g/mol. The number of hydrogen-bond donors (Lipinski definition) is 1. The zero-order chi connectivity index (χ0) is 19.4. The molecule has 0 radical (unpaired) electrons. The van der Waals surface area contributed by atoms with Gasteiger partial charge in [0.1, 0.15) is 24.7 Å². The van der Waals surface area contributed by atoms with E-state index in [0.717, 1.165) is 10.6 Å². The first-order valence-electron chi connectivity index (χ1n) is 8.19. The summed E-state index contributed by atoms with van der Waals surface area (Å²) in [7, 11) is 1.58. The molecule has 1 aliphatic rings. The zero-order valence-corrected chi connectivity index (χ0v) is 15.3. The van der Waals surface area contributed by atoms with E-state index >= 15 is 0 Å². The molecule has 1 aliphatic heterocycles. The molecule has 2 aromatic rings. The van der Waals surface area contributed by atoms with Gasteiger partial charge in [-0.3, -0.25) is 19.3 Å². The number of carbonyl (C=O) groups is 3. The summed E-state index contributed by atoms with van der Waals surface area (Å²) in [5, 5.41) is 2.81. The van der Waals surface area contributed by atoms with Gasteiger partial charge in [-0.15, -0.1) is 0 Å². The van der Waals surface area contributed by atoms with Crippen molar-refractivity contribution in [1.29, 1.82) is 0 Å². The third-order valence-electron chi connectivity index (χ3n) is 4.00. The molecular formula is C19H17ClN2O5. The van der Waals surface area contributed by atoms with Gasteiger partial charge in [-0.25, -0.2) is 0 Å². The number of rotatable bonds is 7. The highest BCUT2D eigenvalue weighted by atomic mass is 35.5. The molecule has 140 valence electrons. The molecule has 3 rings (SSSR count). The lowest BCUT2D eigenvalue weighted by Gasteiger charge is -2.14. The minimum Gasteiger partial charge on any atom is -0.497 e. The summed E-state index contributed by atoms with van der Waals surface area (Å²) in [6.07, 6.45) is 0. The maximum atomic E-state index is 12.3. The Morgan fingerprint density at radius 1 is 1.07 bits per heavy atom. The van der Waals surface area contributed by atoms with E-state index in [2.05, 4.69) is 5.32 Å². The molecule has 0 spiro atoms. The van der Waals surface area contributed by atoms with Crippen LogP contribution in [0, 0.1) is 0 Å². The molecule has 8 heteroatoms. The Morgan fingerprint density at radius 3 is 2.44 bits per heavy atom. The zero-order valence-electron chi connectivity index (χ0n) is 14.5. The molecule has 1 heterocycles. The number of hydrogen-bond acceptors (Lipinski definition) is 5. The van der Waals surface area contributed by atoms with Crippen molar-refractivity contribution in [3.8, 4) is 11.5 Å². The Bertz CT molecular complexity index is 882. The van der Waals surface area contributed by atoms with Crippen molar-refractivity contribution in [2.75, 3.05) is 26.8 Å². The SMILES string of the molecule is COc1ccc(OCCNC(=O)CN2C(=O)c3cccc(Cl)c3C2=O)cc1. The summed E-state index contributed by atoms with van der Waals surface area (Å²) in [6.45, 7) is 0.103. The number of benzene rings is 2. The van der Waals surface area contributed by atoms with Crippen molar-refractivity contribution in [2.24, 2.45) is 0 Å². The van der Waals surface area contributed by atoms with E-state index in [1.54, 1.807) is 37.4 Å². The van der Waals surface area contributed by atoms with Crippen LogP contribution < -0.4 is 14.8 Å². The van der Waals surface area contributed by atoms with Gasteiger partial charge < -0.3 is 14.8 Å². The fraction of sp³-hybridized carbons (Fsp3) is 0.211. The first-order chi connectivity index (χ1) is 13.0. The van der Waals surface area contributed by atoms with E-state index in [4.69, 9.17) is 21.1 Å². The Balaban J connectivity index is 1.48. The van der Waals surface area contributed by atoms with Gasteiger partial charge in [0.2, 0.25) is 5.91 Å². The van der Waals surface area contributed by atoms with Gasteiger partial charge in [0.25, 0.3) is 11.8 Å². The van der Waals surface area contributed by atoms with Gasteiger partial charge in [0.15, 0.2) is 0 Å². The summed E-state index contributed by atoms with van der Waals surface area (Å²) in [6, 6.07) is 11.7. The first-order valence-corrected chi connectivity index (χ1v) is 8.57. The van der Waals surface area contributed by atoms with Crippen LogP contribution >= 0.6 is 11.6 Å². The van der Waals surface area contributed by atoms with Gasteiger partial charge in [-0.05, 0) is 36.4 Å². The number of nitrogens with one attached hydrogen (secondary N) is 1. The van der Waals surface area contributed by atoms with Crippen LogP contribution in [0.25, 0.3) is 0 Å². The molecule has 0 aromatic heterocycles. The largest absolute Gasteiger partial charge is 0.497 e. The second-order valence-corrected chi connectivity index (χ2v) is 6.14. The van der Waals surface area contributed by atoms with Crippen LogP contribution in [0.4, 0.5) is 0 Å². The molecule has 0 saturated heterocycles. The van der Waals surface area contributed by atoms with Crippen molar-refractivity contribution in [1.82, 2.24) is 10.2 Å². The highest BCUT2D eigenvalue weighted by molar-refractivity contribution is 6.37. The second kappa shape index (κ2) is 8.09. The maximum absolute atomic E-state index is 12.3. The van der Waals surface area contributed by atoms with Crippen molar-refractivity contribution < 1.29 is 23.9 Å². The average molecular weight is 389 g/mol. The maximum Gasteiger partial charge on any atom is 0.263 e. The van der Waals surface area contributed by atoms with Crippen LogP contribution in [-0.4, -0.2) is 49.4 Å². The number of nitrogens with zero attached hydrogens (tertiary/aromatic N) is 1. The molecule has 2 aromatic carbocycles. The number of halogens is 1. The van der Waals surface area contributed by atoms with Crippen molar-refractivity contribution >= 4 is 29.3 Å². The van der Waals surface area contributed by atoms with Crippen molar-refractivity contribution in [2.45, 2.75) is 0 Å². The molecule has 3 amide bonds. The highest BCUT2D eigenvalue weighted by Gasteiger charge is 2.38.